The summed E-state index contributed by atoms with van der Waals surface area (Å²) in [5.41, 5.74) is 3.53. The first-order valence-electron chi connectivity index (χ1n) is 7.02. The van der Waals surface area contributed by atoms with E-state index in [-0.39, 0.29) is 6.04 Å². The molecule has 4 heteroatoms. The summed E-state index contributed by atoms with van der Waals surface area (Å²) >= 11 is 0. The van der Waals surface area contributed by atoms with Crippen molar-refractivity contribution in [2.45, 2.75) is 24.3 Å². The Balaban J connectivity index is 2.37. The zero-order chi connectivity index (χ0) is 15.5. The predicted octanol–water partition coefficient (Wildman–Crippen LogP) is 2.96. The van der Waals surface area contributed by atoms with Crippen molar-refractivity contribution in [3.63, 3.8) is 0 Å². The van der Waals surface area contributed by atoms with Gasteiger partial charge in [0.25, 0.3) is 0 Å². The summed E-state index contributed by atoms with van der Waals surface area (Å²) in [5.74, 6) is 0. The van der Waals surface area contributed by atoms with Gasteiger partial charge in [0.15, 0.2) is 9.84 Å². The third kappa shape index (κ3) is 3.71. The lowest BCUT2D eigenvalue weighted by molar-refractivity contribution is 0.601. The number of benzene rings is 2. The van der Waals surface area contributed by atoms with Crippen LogP contribution in [0, 0.1) is 0 Å². The number of sulfone groups is 1. The zero-order valence-electron chi connectivity index (χ0n) is 12.6. The highest BCUT2D eigenvalue weighted by Gasteiger charge is 2.13. The minimum Gasteiger partial charge on any atom is -0.309 e. The fourth-order valence-electron chi connectivity index (χ4n) is 2.43. The summed E-state index contributed by atoms with van der Waals surface area (Å²) in [6.07, 6.45) is 2.22. The van der Waals surface area contributed by atoms with E-state index < -0.39 is 9.84 Å². The summed E-state index contributed by atoms with van der Waals surface area (Å²) in [5, 5.41) is 3.29. The van der Waals surface area contributed by atoms with Crippen molar-refractivity contribution in [2.24, 2.45) is 0 Å². The molecule has 0 aliphatic heterocycles. The molecule has 0 aromatic heterocycles. The average Bonchev–Trinajstić information content (AvgIpc) is 2.48. The standard InChI is InChI=1S/C17H21NO2S/c1-4-13-6-5-7-15(12-13)17(18-2)14-8-10-16(11-9-14)21(3,19)20/h5-12,17-18H,4H2,1-3H3. The van der Waals surface area contributed by atoms with E-state index in [1.165, 1.54) is 17.4 Å². The van der Waals surface area contributed by atoms with Crippen LogP contribution < -0.4 is 5.32 Å². The SMILES string of the molecule is CCc1cccc(C(NC)c2ccc(S(C)(=O)=O)cc2)c1. The van der Waals surface area contributed by atoms with Crippen LogP contribution in [-0.2, 0) is 16.3 Å². The van der Waals surface area contributed by atoms with E-state index >= 15 is 0 Å². The van der Waals surface area contributed by atoms with Crippen molar-refractivity contribution in [3.8, 4) is 0 Å². The Labute approximate surface area is 126 Å². The molecule has 0 aliphatic carbocycles. The fourth-order valence-corrected chi connectivity index (χ4v) is 3.06. The Morgan fingerprint density at radius 2 is 1.71 bits per heavy atom. The maximum atomic E-state index is 11.5. The molecule has 0 aliphatic rings. The second-order valence-electron chi connectivity index (χ2n) is 5.16. The van der Waals surface area contributed by atoms with Crippen molar-refractivity contribution in [3.05, 3.63) is 65.2 Å². The molecule has 1 N–H and O–H groups in total. The van der Waals surface area contributed by atoms with E-state index in [9.17, 15) is 8.42 Å². The highest BCUT2D eigenvalue weighted by atomic mass is 32.2. The van der Waals surface area contributed by atoms with Crippen LogP contribution in [0.25, 0.3) is 0 Å². The third-order valence-electron chi connectivity index (χ3n) is 3.62. The second-order valence-corrected chi connectivity index (χ2v) is 7.18. The molecule has 0 heterocycles. The lowest BCUT2D eigenvalue weighted by Gasteiger charge is -2.18. The maximum Gasteiger partial charge on any atom is 0.175 e. The molecule has 0 radical (unpaired) electrons. The highest BCUT2D eigenvalue weighted by molar-refractivity contribution is 7.90. The Bertz CT molecular complexity index is 706. The molecule has 0 fully saturated rings. The molecule has 2 aromatic carbocycles. The number of hydrogen-bond donors (Lipinski definition) is 1. The van der Waals surface area contributed by atoms with Gasteiger partial charge in [0, 0.05) is 6.26 Å². The van der Waals surface area contributed by atoms with E-state index in [0.717, 1.165) is 12.0 Å². The van der Waals surface area contributed by atoms with E-state index in [1.807, 2.05) is 19.2 Å². The molecule has 0 spiro atoms. The van der Waals surface area contributed by atoms with Gasteiger partial charge in [-0.1, -0.05) is 43.3 Å². The second kappa shape index (κ2) is 6.41. The smallest absolute Gasteiger partial charge is 0.175 e. The molecule has 21 heavy (non-hydrogen) atoms. The minimum absolute atomic E-state index is 0.0603. The zero-order valence-corrected chi connectivity index (χ0v) is 13.4. The van der Waals surface area contributed by atoms with Gasteiger partial charge in [0.05, 0.1) is 10.9 Å². The molecule has 1 atom stereocenters. The number of nitrogens with one attached hydrogen (secondary N) is 1. The Morgan fingerprint density at radius 1 is 1.05 bits per heavy atom. The first-order valence-corrected chi connectivity index (χ1v) is 8.91. The van der Waals surface area contributed by atoms with Crippen LogP contribution in [0.3, 0.4) is 0 Å². The molecule has 0 saturated carbocycles. The van der Waals surface area contributed by atoms with Crippen molar-refractivity contribution >= 4 is 9.84 Å². The lowest BCUT2D eigenvalue weighted by Crippen LogP contribution is -2.17. The highest BCUT2D eigenvalue weighted by Crippen LogP contribution is 2.24. The average molecular weight is 303 g/mol. The summed E-state index contributed by atoms with van der Waals surface area (Å²) in [6.45, 7) is 2.13. The summed E-state index contributed by atoms with van der Waals surface area (Å²) in [4.78, 5) is 0.350. The van der Waals surface area contributed by atoms with Gasteiger partial charge in [-0.25, -0.2) is 8.42 Å². The Morgan fingerprint density at radius 3 is 2.24 bits per heavy atom. The largest absolute Gasteiger partial charge is 0.309 e. The summed E-state index contributed by atoms with van der Waals surface area (Å²) in [6, 6.07) is 15.6. The van der Waals surface area contributed by atoms with Gasteiger partial charge in [-0.15, -0.1) is 0 Å². The van der Waals surface area contributed by atoms with E-state index in [0.29, 0.717) is 4.90 Å². The predicted molar refractivity (Wildman–Crippen MR) is 86.3 cm³/mol. The minimum atomic E-state index is -3.15. The topological polar surface area (TPSA) is 46.2 Å². The number of aryl methyl sites for hydroxylation is 1. The van der Waals surface area contributed by atoms with Crippen molar-refractivity contribution in [1.29, 1.82) is 0 Å². The first-order chi connectivity index (χ1) is 9.95. The van der Waals surface area contributed by atoms with E-state index in [2.05, 4.69) is 36.5 Å². The van der Waals surface area contributed by atoms with Crippen molar-refractivity contribution in [2.75, 3.05) is 13.3 Å². The van der Waals surface area contributed by atoms with Crippen LogP contribution in [0.1, 0.15) is 29.7 Å². The Hall–Kier alpha value is -1.65. The van der Waals surface area contributed by atoms with Crippen molar-refractivity contribution < 1.29 is 8.42 Å². The normalized spacial score (nSPS) is 13.1. The first kappa shape index (κ1) is 15.7. The van der Waals surface area contributed by atoms with E-state index in [4.69, 9.17) is 0 Å². The fraction of sp³-hybridized carbons (Fsp3) is 0.294. The van der Waals surface area contributed by atoms with Gasteiger partial charge in [-0.05, 0) is 42.3 Å². The summed E-state index contributed by atoms with van der Waals surface area (Å²) < 4.78 is 23.0. The van der Waals surface area contributed by atoms with Gasteiger partial charge in [0.1, 0.15) is 0 Å². The molecule has 2 aromatic rings. The molecule has 3 nitrogen and oxygen atoms in total. The number of rotatable bonds is 5. The van der Waals surface area contributed by atoms with Gasteiger partial charge in [-0.2, -0.15) is 0 Å². The van der Waals surface area contributed by atoms with Crippen LogP contribution >= 0.6 is 0 Å². The van der Waals surface area contributed by atoms with Crippen LogP contribution in [-0.4, -0.2) is 21.7 Å². The van der Waals surface area contributed by atoms with Gasteiger partial charge >= 0.3 is 0 Å². The molecular formula is C17H21NO2S. The van der Waals surface area contributed by atoms with Crippen LogP contribution in [0.15, 0.2) is 53.4 Å². The maximum absolute atomic E-state index is 11.5. The lowest BCUT2D eigenvalue weighted by atomic mass is 9.97. The Kier molecular flexibility index (Phi) is 4.80. The molecule has 0 amide bonds. The summed E-state index contributed by atoms with van der Waals surface area (Å²) in [7, 11) is -1.24. The number of hydrogen-bond acceptors (Lipinski definition) is 3. The molecule has 112 valence electrons. The molecular weight excluding hydrogens is 282 g/mol. The van der Waals surface area contributed by atoms with Gasteiger partial charge in [-0.3, -0.25) is 0 Å². The molecule has 1 unspecified atom stereocenters. The molecule has 0 saturated heterocycles. The third-order valence-corrected chi connectivity index (χ3v) is 4.75. The monoisotopic (exact) mass is 303 g/mol. The van der Waals surface area contributed by atoms with Crippen LogP contribution in [0.5, 0.6) is 0 Å². The molecule has 2 rings (SSSR count). The quantitative estimate of drug-likeness (QED) is 0.923. The molecule has 0 bridgehead atoms. The van der Waals surface area contributed by atoms with Crippen LogP contribution in [0.2, 0.25) is 0 Å². The van der Waals surface area contributed by atoms with Crippen LogP contribution in [0.4, 0.5) is 0 Å². The van der Waals surface area contributed by atoms with Crippen molar-refractivity contribution in [1.82, 2.24) is 5.32 Å². The van der Waals surface area contributed by atoms with Gasteiger partial charge < -0.3 is 5.32 Å². The van der Waals surface area contributed by atoms with E-state index in [1.54, 1.807) is 12.1 Å². The van der Waals surface area contributed by atoms with Gasteiger partial charge in [0.2, 0.25) is 0 Å².